The summed E-state index contributed by atoms with van der Waals surface area (Å²) in [4.78, 5) is 20.4. The van der Waals surface area contributed by atoms with Crippen molar-refractivity contribution in [1.82, 2.24) is 15.1 Å². The highest BCUT2D eigenvalue weighted by Crippen LogP contribution is 2.20. The number of hydrogen-bond acceptors (Lipinski definition) is 6. The summed E-state index contributed by atoms with van der Waals surface area (Å²) in [5, 5.41) is 9.61. The predicted molar refractivity (Wildman–Crippen MR) is 77.1 cm³/mol. The molecule has 21 heavy (non-hydrogen) atoms. The zero-order valence-corrected chi connectivity index (χ0v) is 11.8. The Kier molecular flexibility index (Phi) is 3.81. The van der Waals surface area contributed by atoms with E-state index in [0.717, 1.165) is 12.8 Å². The van der Waals surface area contributed by atoms with E-state index in [1.54, 1.807) is 13.0 Å². The highest BCUT2D eigenvalue weighted by Gasteiger charge is 2.16. The maximum Gasteiger partial charge on any atom is 0.260 e. The normalized spacial score (nSPS) is 15.1. The maximum atomic E-state index is 12.0. The van der Waals surface area contributed by atoms with Gasteiger partial charge in [0.05, 0.1) is 5.56 Å². The zero-order valence-electron chi connectivity index (χ0n) is 11.8. The van der Waals surface area contributed by atoms with Crippen LogP contribution in [0.5, 0.6) is 0 Å². The van der Waals surface area contributed by atoms with E-state index in [1.165, 1.54) is 25.2 Å². The summed E-state index contributed by atoms with van der Waals surface area (Å²) in [6.07, 6.45) is 7.80. The number of nitrogens with zero attached hydrogens (tertiary/aromatic N) is 3. The van der Waals surface area contributed by atoms with Crippen molar-refractivity contribution in [3.8, 4) is 0 Å². The smallest absolute Gasteiger partial charge is 0.260 e. The molecule has 1 aliphatic carbocycles. The maximum absolute atomic E-state index is 12.0. The van der Waals surface area contributed by atoms with Crippen LogP contribution >= 0.6 is 0 Å². The van der Waals surface area contributed by atoms with Gasteiger partial charge in [-0.3, -0.25) is 4.79 Å². The number of nitrogens with one attached hydrogen (secondary N) is 2. The lowest BCUT2D eigenvalue weighted by atomic mass is 10.2. The SMILES string of the molecule is Cc1cc(NC(=O)c2cnc(NC3CCCC3)nc2)no1. The highest BCUT2D eigenvalue weighted by atomic mass is 16.5. The predicted octanol–water partition coefficient (Wildman–Crippen LogP) is 2.38. The van der Waals surface area contributed by atoms with Gasteiger partial charge < -0.3 is 15.2 Å². The number of amides is 1. The molecule has 0 unspecified atom stereocenters. The topological polar surface area (TPSA) is 92.9 Å². The van der Waals surface area contributed by atoms with Crippen molar-refractivity contribution in [3.63, 3.8) is 0 Å². The minimum Gasteiger partial charge on any atom is -0.360 e. The van der Waals surface area contributed by atoms with Crippen LogP contribution < -0.4 is 10.6 Å². The molecule has 2 aromatic heterocycles. The first-order valence-corrected chi connectivity index (χ1v) is 7.04. The Morgan fingerprint density at radius 3 is 2.62 bits per heavy atom. The van der Waals surface area contributed by atoms with Crippen LogP contribution in [-0.2, 0) is 0 Å². The summed E-state index contributed by atoms with van der Waals surface area (Å²) in [7, 11) is 0. The molecule has 2 heterocycles. The lowest BCUT2D eigenvalue weighted by Crippen LogP contribution is -2.18. The van der Waals surface area contributed by atoms with Crippen LogP contribution in [0.2, 0.25) is 0 Å². The first kappa shape index (κ1) is 13.5. The van der Waals surface area contributed by atoms with Gasteiger partial charge in [-0.25, -0.2) is 9.97 Å². The van der Waals surface area contributed by atoms with Crippen LogP contribution in [0.4, 0.5) is 11.8 Å². The number of anilines is 2. The van der Waals surface area contributed by atoms with E-state index in [1.807, 2.05) is 0 Å². The van der Waals surface area contributed by atoms with Crippen LogP contribution in [0, 0.1) is 6.92 Å². The summed E-state index contributed by atoms with van der Waals surface area (Å²) in [6, 6.07) is 2.09. The van der Waals surface area contributed by atoms with Gasteiger partial charge in [0.2, 0.25) is 5.95 Å². The molecule has 0 bridgehead atoms. The number of carbonyl (C=O) groups is 1. The molecule has 3 rings (SSSR count). The number of hydrogen-bond donors (Lipinski definition) is 2. The molecule has 0 saturated heterocycles. The number of aromatic nitrogens is 3. The average molecular weight is 287 g/mol. The van der Waals surface area contributed by atoms with E-state index >= 15 is 0 Å². The fourth-order valence-electron chi connectivity index (χ4n) is 2.39. The number of carbonyl (C=O) groups excluding carboxylic acids is 1. The van der Waals surface area contributed by atoms with Crippen molar-refractivity contribution >= 4 is 17.7 Å². The zero-order chi connectivity index (χ0) is 14.7. The Bertz CT molecular complexity index is 617. The molecule has 1 amide bonds. The van der Waals surface area contributed by atoms with Gasteiger partial charge in [0, 0.05) is 24.5 Å². The Hall–Kier alpha value is -2.44. The fourth-order valence-corrected chi connectivity index (χ4v) is 2.39. The molecular formula is C14H17N5O2. The van der Waals surface area contributed by atoms with Gasteiger partial charge >= 0.3 is 0 Å². The van der Waals surface area contributed by atoms with Gasteiger partial charge in [0.15, 0.2) is 5.82 Å². The van der Waals surface area contributed by atoms with Gasteiger partial charge in [-0.15, -0.1) is 0 Å². The standard InChI is InChI=1S/C14H17N5O2/c1-9-6-12(19-21-9)18-13(20)10-7-15-14(16-8-10)17-11-4-2-3-5-11/h6-8,11H,2-5H2,1H3,(H,15,16,17)(H,18,19,20). The van der Waals surface area contributed by atoms with Gasteiger partial charge in [-0.2, -0.15) is 0 Å². The van der Waals surface area contributed by atoms with E-state index in [2.05, 4.69) is 25.8 Å². The quantitative estimate of drug-likeness (QED) is 0.896. The Morgan fingerprint density at radius 1 is 1.29 bits per heavy atom. The molecule has 2 aromatic rings. The van der Waals surface area contributed by atoms with Crippen molar-refractivity contribution in [1.29, 1.82) is 0 Å². The largest absolute Gasteiger partial charge is 0.360 e. The molecule has 0 radical (unpaired) electrons. The van der Waals surface area contributed by atoms with Crippen molar-refractivity contribution < 1.29 is 9.32 Å². The third kappa shape index (κ3) is 3.36. The Morgan fingerprint density at radius 2 is 2.00 bits per heavy atom. The molecule has 1 aliphatic rings. The molecule has 0 aliphatic heterocycles. The van der Waals surface area contributed by atoms with Crippen LogP contribution in [0.3, 0.4) is 0 Å². The highest BCUT2D eigenvalue weighted by molar-refractivity contribution is 6.03. The fraction of sp³-hybridized carbons (Fsp3) is 0.429. The minimum absolute atomic E-state index is 0.310. The van der Waals surface area contributed by atoms with Crippen molar-refractivity contribution in [3.05, 3.63) is 29.8 Å². The Balaban J connectivity index is 1.61. The first-order chi connectivity index (χ1) is 10.2. The molecule has 7 heteroatoms. The Labute approximate surface area is 122 Å². The molecule has 110 valence electrons. The van der Waals surface area contributed by atoms with E-state index < -0.39 is 0 Å². The first-order valence-electron chi connectivity index (χ1n) is 7.04. The third-order valence-electron chi connectivity index (χ3n) is 3.47. The second kappa shape index (κ2) is 5.90. The summed E-state index contributed by atoms with van der Waals surface area (Å²) < 4.78 is 4.89. The second-order valence-electron chi connectivity index (χ2n) is 5.20. The lowest BCUT2D eigenvalue weighted by molar-refractivity contribution is 0.102. The van der Waals surface area contributed by atoms with E-state index in [9.17, 15) is 4.79 Å². The minimum atomic E-state index is -0.310. The summed E-state index contributed by atoms with van der Waals surface area (Å²) in [6.45, 7) is 1.76. The summed E-state index contributed by atoms with van der Waals surface area (Å²) in [5.74, 6) is 1.27. The second-order valence-corrected chi connectivity index (χ2v) is 5.20. The summed E-state index contributed by atoms with van der Waals surface area (Å²) in [5.41, 5.74) is 0.382. The molecule has 1 fully saturated rings. The molecule has 0 aromatic carbocycles. The molecule has 7 nitrogen and oxygen atoms in total. The third-order valence-corrected chi connectivity index (χ3v) is 3.47. The molecule has 1 saturated carbocycles. The van der Waals surface area contributed by atoms with Crippen LogP contribution in [0.25, 0.3) is 0 Å². The number of aryl methyl sites for hydroxylation is 1. The molecule has 0 spiro atoms. The molecule has 2 N–H and O–H groups in total. The van der Waals surface area contributed by atoms with Crippen molar-refractivity contribution in [2.45, 2.75) is 38.6 Å². The number of rotatable bonds is 4. The van der Waals surface area contributed by atoms with Crippen molar-refractivity contribution in [2.24, 2.45) is 0 Å². The van der Waals surface area contributed by atoms with Crippen LogP contribution in [0.1, 0.15) is 41.8 Å². The van der Waals surface area contributed by atoms with Gasteiger partial charge in [0.25, 0.3) is 5.91 Å². The van der Waals surface area contributed by atoms with Crippen LogP contribution in [0.15, 0.2) is 23.0 Å². The molecular weight excluding hydrogens is 270 g/mol. The van der Waals surface area contributed by atoms with Gasteiger partial charge in [0.1, 0.15) is 5.76 Å². The van der Waals surface area contributed by atoms with E-state index in [0.29, 0.717) is 29.1 Å². The van der Waals surface area contributed by atoms with Gasteiger partial charge in [-0.05, 0) is 19.8 Å². The van der Waals surface area contributed by atoms with Crippen molar-refractivity contribution in [2.75, 3.05) is 10.6 Å². The van der Waals surface area contributed by atoms with E-state index in [4.69, 9.17) is 4.52 Å². The summed E-state index contributed by atoms with van der Waals surface area (Å²) >= 11 is 0. The van der Waals surface area contributed by atoms with E-state index in [-0.39, 0.29) is 5.91 Å². The van der Waals surface area contributed by atoms with Crippen LogP contribution in [-0.4, -0.2) is 27.1 Å². The monoisotopic (exact) mass is 287 g/mol. The average Bonchev–Trinajstić information content (AvgIpc) is 3.12. The van der Waals surface area contributed by atoms with Gasteiger partial charge in [-0.1, -0.05) is 18.0 Å². The molecule has 0 atom stereocenters. The lowest BCUT2D eigenvalue weighted by Gasteiger charge is -2.11.